The highest BCUT2D eigenvalue weighted by Crippen LogP contribution is 2.35. The van der Waals surface area contributed by atoms with Crippen LogP contribution in [0.3, 0.4) is 0 Å². The molecule has 0 saturated carbocycles. The van der Waals surface area contributed by atoms with E-state index in [1.807, 2.05) is 22.6 Å². The molecular weight excluding hydrogens is 363 g/mol. The first-order valence-corrected chi connectivity index (χ1v) is 6.18. The molecule has 1 aromatic heterocycles. The van der Waals surface area contributed by atoms with Crippen molar-refractivity contribution in [1.82, 2.24) is 4.98 Å². The van der Waals surface area contributed by atoms with Crippen molar-refractivity contribution in [2.75, 3.05) is 0 Å². The van der Waals surface area contributed by atoms with E-state index in [9.17, 15) is 4.39 Å². The van der Waals surface area contributed by atoms with Crippen molar-refractivity contribution in [3.8, 4) is 11.3 Å². The molecule has 2 rings (SSSR count). The van der Waals surface area contributed by atoms with Crippen LogP contribution in [-0.2, 0) is 0 Å². The third kappa shape index (κ3) is 2.31. The van der Waals surface area contributed by atoms with E-state index >= 15 is 0 Å². The molecule has 0 bridgehead atoms. The molecule has 0 aliphatic carbocycles. The number of benzene rings is 1. The lowest BCUT2D eigenvalue weighted by Gasteiger charge is -2.07. The van der Waals surface area contributed by atoms with Crippen molar-refractivity contribution in [1.29, 1.82) is 0 Å². The van der Waals surface area contributed by atoms with E-state index in [1.165, 1.54) is 6.07 Å². The summed E-state index contributed by atoms with van der Waals surface area (Å²) in [4.78, 5) is 4.02. The van der Waals surface area contributed by atoms with E-state index in [0.29, 0.717) is 24.9 Å². The van der Waals surface area contributed by atoms with E-state index in [-0.39, 0.29) is 5.82 Å². The van der Waals surface area contributed by atoms with Crippen LogP contribution in [0.25, 0.3) is 11.3 Å². The summed E-state index contributed by atoms with van der Waals surface area (Å²) in [6.45, 7) is 0. The van der Waals surface area contributed by atoms with Crippen LogP contribution in [0.15, 0.2) is 30.5 Å². The third-order valence-electron chi connectivity index (χ3n) is 2.01. The Hall–Kier alpha value is -0.390. The van der Waals surface area contributed by atoms with Gasteiger partial charge in [0.2, 0.25) is 0 Å². The highest BCUT2D eigenvalue weighted by molar-refractivity contribution is 14.1. The molecule has 5 heteroatoms. The van der Waals surface area contributed by atoms with Crippen LogP contribution in [0.2, 0.25) is 10.0 Å². The first kappa shape index (κ1) is 12.1. The molecule has 0 unspecified atom stereocenters. The van der Waals surface area contributed by atoms with Crippen LogP contribution < -0.4 is 0 Å². The molecule has 1 heterocycles. The fourth-order valence-electron chi connectivity index (χ4n) is 1.32. The number of hydrogen-bond donors (Lipinski definition) is 0. The van der Waals surface area contributed by atoms with Gasteiger partial charge in [-0.2, -0.15) is 0 Å². The normalized spacial score (nSPS) is 10.5. The largest absolute Gasteiger partial charge is 0.252 e. The summed E-state index contributed by atoms with van der Waals surface area (Å²) in [7, 11) is 0. The van der Waals surface area contributed by atoms with Crippen LogP contribution in [0, 0.1) is 9.39 Å². The number of aromatic nitrogens is 1. The first-order chi connectivity index (χ1) is 7.59. The maximum Gasteiger partial charge on any atom is 0.142 e. The number of nitrogens with zero attached hydrogens (tertiary/aromatic N) is 1. The van der Waals surface area contributed by atoms with Gasteiger partial charge in [0.1, 0.15) is 5.82 Å². The summed E-state index contributed by atoms with van der Waals surface area (Å²) >= 11 is 14.1. The molecule has 0 amide bonds. The van der Waals surface area contributed by atoms with Gasteiger partial charge in [0.15, 0.2) is 0 Å². The van der Waals surface area contributed by atoms with E-state index in [4.69, 9.17) is 23.2 Å². The molecular formula is C11H5Cl2FIN. The van der Waals surface area contributed by atoms with Crippen molar-refractivity contribution < 1.29 is 4.39 Å². The quantitative estimate of drug-likeness (QED) is 0.660. The summed E-state index contributed by atoms with van der Waals surface area (Å²) < 4.78 is 13.6. The van der Waals surface area contributed by atoms with E-state index in [1.54, 1.807) is 18.2 Å². The summed E-state index contributed by atoms with van der Waals surface area (Å²) in [5, 5.41) is 1.01. The predicted octanol–water partition coefficient (Wildman–Crippen LogP) is 4.80. The van der Waals surface area contributed by atoms with Gasteiger partial charge in [-0.1, -0.05) is 29.3 Å². The second-order valence-corrected chi connectivity index (χ2v) is 5.06. The van der Waals surface area contributed by atoms with Gasteiger partial charge in [0.25, 0.3) is 0 Å². The average Bonchev–Trinajstić information content (AvgIpc) is 2.20. The smallest absolute Gasteiger partial charge is 0.142 e. The lowest BCUT2D eigenvalue weighted by molar-refractivity contribution is 0.620. The lowest BCUT2D eigenvalue weighted by Crippen LogP contribution is -1.91. The Bertz CT molecular complexity index is 525. The summed E-state index contributed by atoms with van der Waals surface area (Å²) in [6, 6.07) is 6.60. The molecule has 0 radical (unpaired) electrons. The monoisotopic (exact) mass is 367 g/mol. The first-order valence-electron chi connectivity index (χ1n) is 4.35. The molecule has 0 aliphatic rings. The Balaban J connectivity index is 2.68. The van der Waals surface area contributed by atoms with Gasteiger partial charge in [0.05, 0.1) is 21.9 Å². The maximum atomic E-state index is 12.9. The molecule has 0 saturated heterocycles. The molecule has 82 valence electrons. The number of pyridine rings is 1. The highest BCUT2D eigenvalue weighted by Gasteiger charge is 2.13. The van der Waals surface area contributed by atoms with Crippen molar-refractivity contribution >= 4 is 45.8 Å². The standard InChI is InChI=1S/C11H5Cl2FIN/c12-7-2-1-3-8(13)10(7)11-9(15)4-6(14)5-16-11/h1-5H. The van der Waals surface area contributed by atoms with Gasteiger partial charge in [-0.3, -0.25) is 4.98 Å². The van der Waals surface area contributed by atoms with E-state index in [0.717, 1.165) is 6.20 Å². The molecule has 0 N–H and O–H groups in total. The molecule has 0 atom stereocenters. The van der Waals surface area contributed by atoms with Crippen molar-refractivity contribution in [2.24, 2.45) is 0 Å². The van der Waals surface area contributed by atoms with E-state index in [2.05, 4.69) is 4.98 Å². The van der Waals surface area contributed by atoms with E-state index < -0.39 is 0 Å². The van der Waals surface area contributed by atoms with Crippen LogP contribution in [0.5, 0.6) is 0 Å². The number of halogens is 4. The SMILES string of the molecule is Fc1cnc(-c2c(Cl)cccc2Cl)c(I)c1. The summed E-state index contributed by atoms with van der Waals surface area (Å²) in [5.41, 5.74) is 1.23. The van der Waals surface area contributed by atoms with Crippen LogP contribution in [0.4, 0.5) is 4.39 Å². The van der Waals surface area contributed by atoms with Gasteiger partial charge >= 0.3 is 0 Å². The minimum atomic E-state index is -0.378. The Morgan fingerprint density at radius 3 is 2.38 bits per heavy atom. The second kappa shape index (κ2) is 4.85. The van der Waals surface area contributed by atoms with Crippen molar-refractivity contribution in [2.45, 2.75) is 0 Å². The fraction of sp³-hybridized carbons (Fsp3) is 0. The Labute approximate surface area is 116 Å². The minimum absolute atomic E-state index is 0.378. The van der Waals surface area contributed by atoms with Crippen LogP contribution in [-0.4, -0.2) is 4.98 Å². The number of hydrogen-bond acceptors (Lipinski definition) is 1. The molecule has 0 spiro atoms. The Kier molecular flexibility index (Phi) is 3.66. The topological polar surface area (TPSA) is 12.9 Å². The highest BCUT2D eigenvalue weighted by atomic mass is 127. The zero-order valence-electron chi connectivity index (χ0n) is 7.85. The molecule has 16 heavy (non-hydrogen) atoms. The molecule has 1 aromatic carbocycles. The van der Waals surface area contributed by atoms with Crippen molar-refractivity contribution in [3.05, 3.63) is 49.9 Å². The Morgan fingerprint density at radius 1 is 1.19 bits per heavy atom. The lowest BCUT2D eigenvalue weighted by atomic mass is 10.1. The fourth-order valence-corrected chi connectivity index (χ4v) is 2.61. The second-order valence-electron chi connectivity index (χ2n) is 3.08. The van der Waals surface area contributed by atoms with Gasteiger partial charge < -0.3 is 0 Å². The zero-order chi connectivity index (χ0) is 11.7. The van der Waals surface area contributed by atoms with Crippen LogP contribution in [0.1, 0.15) is 0 Å². The molecule has 0 aliphatic heterocycles. The van der Waals surface area contributed by atoms with Gasteiger partial charge in [0, 0.05) is 9.13 Å². The molecule has 0 fully saturated rings. The zero-order valence-corrected chi connectivity index (χ0v) is 11.5. The number of rotatable bonds is 1. The summed E-state index contributed by atoms with van der Waals surface area (Å²) in [5.74, 6) is -0.378. The predicted molar refractivity (Wildman–Crippen MR) is 72.4 cm³/mol. The third-order valence-corrected chi connectivity index (χ3v) is 3.46. The van der Waals surface area contributed by atoms with Gasteiger partial charge in [-0.15, -0.1) is 0 Å². The van der Waals surface area contributed by atoms with Crippen LogP contribution >= 0.6 is 45.8 Å². The average molecular weight is 368 g/mol. The molecule has 1 nitrogen and oxygen atoms in total. The van der Waals surface area contributed by atoms with Gasteiger partial charge in [-0.25, -0.2) is 4.39 Å². The Morgan fingerprint density at radius 2 is 1.81 bits per heavy atom. The maximum absolute atomic E-state index is 12.9. The minimum Gasteiger partial charge on any atom is -0.252 e. The summed E-state index contributed by atoms with van der Waals surface area (Å²) in [6.07, 6.45) is 1.15. The molecule has 2 aromatic rings. The van der Waals surface area contributed by atoms with Gasteiger partial charge in [-0.05, 0) is 40.8 Å². The van der Waals surface area contributed by atoms with Crippen molar-refractivity contribution in [3.63, 3.8) is 0 Å².